The largest absolute Gasteiger partial charge is 0.372 e. The lowest BCUT2D eigenvalue weighted by Gasteiger charge is -2.36. The number of halogens is 2. The Morgan fingerprint density at radius 2 is 1.79 bits per heavy atom. The summed E-state index contributed by atoms with van der Waals surface area (Å²) in [6, 6.07) is 8.80. The van der Waals surface area contributed by atoms with Gasteiger partial charge in [0.1, 0.15) is 0 Å². The molecule has 3 rings (SSSR count). The lowest BCUT2D eigenvalue weighted by Crippen LogP contribution is -2.47. The van der Waals surface area contributed by atoms with Gasteiger partial charge in [-0.1, -0.05) is 23.7 Å². The molecule has 2 nitrogen and oxygen atoms in total. The second-order valence-electron chi connectivity index (χ2n) is 5.59. The normalized spacial score (nSPS) is 27.9. The Kier molecular flexibility index (Phi) is 5.13. The summed E-state index contributed by atoms with van der Waals surface area (Å²) in [4.78, 5) is 2.58. The molecular formula is C15H21Cl2NO. The molecule has 1 aromatic carbocycles. The maximum absolute atomic E-state index is 5.92. The molecule has 0 spiro atoms. The number of ether oxygens (including phenoxy) is 1. The topological polar surface area (TPSA) is 12.5 Å². The highest BCUT2D eigenvalue weighted by Crippen LogP contribution is 2.28. The maximum atomic E-state index is 5.92. The Morgan fingerprint density at radius 1 is 1.21 bits per heavy atom. The lowest BCUT2D eigenvalue weighted by molar-refractivity contribution is -0.0502. The summed E-state index contributed by atoms with van der Waals surface area (Å²) >= 11 is 5.92. The van der Waals surface area contributed by atoms with Crippen molar-refractivity contribution in [1.82, 2.24) is 4.90 Å². The Bertz CT molecular complexity index is 397. The maximum Gasteiger partial charge on any atom is 0.0707 e. The Morgan fingerprint density at radius 3 is 2.37 bits per heavy atom. The zero-order valence-corrected chi connectivity index (χ0v) is 12.8. The molecule has 2 aliphatic rings. The molecular weight excluding hydrogens is 281 g/mol. The summed E-state index contributed by atoms with van der Waals surface area (Å²) in [6.45, 7) is 4.52. The fraction of sp³-hybridized carbons (Fsp3) is 0.600. The van der Waals surface area contributed by atoms with Gasteiger partial charge in [-0.15, -0.1) is 12.4 Å². The number of benzene rings is 1. The molecule has 19 heavy (non-hydrogen) atoms. The number of fused-ring (bicyclic) bond motifs is 2. The molecule has 3 atom stereocenters. The van der Waals surface area contributed by atoms with E-state index in [0.29, 0.717) is 18.2 Å². The first-order valence-electron chi connectivity index (χ1n) is 6.84. The first kappa shape index (κ1) is 15.1. The van der Waals surface area contributed by atoms with E-state index in [1.165, 1.54) is 18.4 Å². The van der Waals surface area contributed by atoms with Crippen LogP contribution in [0.5, 0.6) is 0 Å². The van der Waals surface area contributed by atoms with Crippen molar-refractivity contribution in [2.24, 2.45) is 0 Å². The number of likely N-dealkylation sites (tertiary alicyclic amines) is 1. The highest BCUT2D eigenvalue weighted by molar-refractivity contribution is 6.30. The average molecular weight is 302 g/mol. The van der Waals surface area contributed by atoms with Gasteiger partial charge in [0.15, 0.2) is 0 Å². The van der Waals surface area contributed by atoms with Crippen LogP contribution < -0.4 is 0 Å². The minimum atomic E-state index is 0. The number of nitrogens with zero attached hydrogens (tertiary/aromatic N) is 1. The monoisotopic (exact) mass is 301 g/mol. The third kappa shape index (κ3) is 3.63. The predicted octanol–water partition coefficient (Wildman–Crippen LogP) is 3.56. The Labute approximate surface area is 126 Å². The quantitative estimate of drug-likeness (QED) is 0.846. The van der Waals surface area contributed by atoms with E-state index in [-0.39, 0.29) is 12.4 Å². The van der Waals surface area contributed by atoms with E-state index in [9.17, 15) is 0 Å². The van der Waals surface area contributed by atoms with Gasteiger partial charge < -0.3 is 4.74 Å². The minimum Gasteiger partial charge on any atom is -0.372 e. The molecule has 2 fully saturated rings. The summed E-state index contributed by atoms with van der Waals surface area (Å²) in [5.74, 6) is 0. The van der Waals surface area contributed by atoms with Crippen LogP contribution in [0.15, 0.2) is 24.3 Å². The van der Waals surface area contributed by atoms with Gasteiger partial charge in [-0.25, -0.2) is 0 Å². The summed E-state index contributed by atoms with van der Waals surface area (Å²) in [5.41, 5.74) is 1.37. The van der Waals surface area contributed by atoms with Gasteiger partial charge in [-0.05, 0) is 43.9 Å². The van der Waals surface area contributed by atoms with E-state index in [1.54, 1.807) is 0 Å². The van der Waals surface area contributed by atoms with E-state index in [1.807, 2.05) is 12.1 Å². The molecule has 0 aliphatic carbocycles. The van der Waals surface area contributed by atoms with Crippen LogP contribution in [0.4, 0.5) is 0 Å². The van der Waals surface area contributed by atoms with Crippen LogP contribution >= 0.6 is 24.0 Å². The predicted molar refractivity (Wildman–Crippen MR) is 81.3 cm³/mol. The fourth-order valence-corrected chi connectivity index (χ4v) is 3.22. The van der Waals surface area contributed by atoms with Crippen LogP contribution in [-0.4, -0.2) is 36.2 Å². The van der Waals surface area contributed by atoms with Crippen molar-refractivity contribution in [2.75, 3.05) is 13.1 Å². The van der Waals surface area contributed by atoms with Crippen molar-refractivity contribution in [2.45, 2.75) is 44.4 Å². The van der Waals surface area contributed by atoms with Crippen molar-refractivity contribution in [3.63, 3.8) is 0 Å². The molecule has 1 aromatic rings. The number of morpholine rings is 1. The van der Waals surface area contributed by atoms with Gasteiger partial charge in [0, 0.05) is 24.2 Å². The number of hydrogen-bond donors (Lipinski definition) is 0. The standard InChI is InChI=1S/C15H20ClNO.ClH/c1-11(8-12-2-4-13(16)5-3-12)17-9-14-6-7-15(10-17)18-14;/h2-5,11,14-15H,6-10H2,1H3;1H. The zero-order chi connectivity index (χ0) is 12.5. The van der Waals surface area contributed by atoms with Crippen molar-refractivity contribution >= 4 is 24.0 Å². The van der Waals surface area contributed by atoms with Gasteiger partial charge in [-0.2, -0.15) is 0 Å². The van der Waals surface area contributed by atoms with Crippen LogP contribution in [0.1, 0.15) is 25.3 Å². The van der Waals surface area contributed by atoms with Crippen molar-refractivity contribution < 1.29 is 4.74 Å². The summed E-state index contributed by atoms with van der Waals surface area (Å²) in [6.07, 6.45) is 4.55. The Hall–Kier alpha value is -0.280. The average Bonchev–Trinajstić information content (AvgIpc) is 2.71. The molecule has 0 aromatic heterocycles. The molecule has 0 radical (unpaired) electrons. The van der Waals surface area contributed by atoms with E-state index in [4.69, 9.17) is 16.3 Å². The van der Waals surface area contributed by atoms with E-state index in [0.717, 1.165) is 24.5 Å². The van der Waals surface area contributed by atoms with Crippen LogP contribution in [0, 0.1) is 0 Å². The SMILES string of the molecule is CC(Cc1ccc(Cl)cc1)N1CC2CCC(C1)O2.Cl. The molecule has 0 amide bonds. The molecule has 2 heterocycles. The van der Waals surface area contributed by atoms with E-state index in [2.05, 4.69) is 24.0 Å². The van der Waals surface area contributed by atoms with Gasteiger partial charge >= 0.3 is 0 Å². The van der Waals surface area contributed by atoms with Gasteiger partial charge in [0.25, 0.3) is 0 Å². The van der Waals surface area contributed by atoms with Gasteiger partial charge in [-0.3, -0.25) is 4.90 Å². The van der Waals surface area contributed by atoms with Crippen molar-refractivity contribution in [3.05, 3.63) is 34.9 Å². The first-order valence-corrected chi connectivity index (χ1v) is 7.22. The molecule has 4 heteroatoms. The van der Waals surface area contributed by atoms with Crippen molar-refractivity contribution in [1.29, 1.82) is 0 Å². The molecule has 0 saturated carbocycles. The van der Waals surface area contributed by atoms with Crippen LogP contribution in [0.25, 0.3) is 0 Å². The molecule has 3 unspecified atom stereocenters. The summed E-state index contributed by atoms with van der Waals surface area (Å²) in [5, 5.41) is 0.816. The summed E-state index contributed by atoms with van der Waals surface area (Å²) < 4.78 is 5.88. The second kappa shape index (κ2) is 6.45. The number of hydrogen-bond acceptors (Lipinski definition) is 2. The summed E-state index contributed by atoms with van der Waals surface area (Å²) in [7, 11) is 0. The molecule has 2 bridgehead atoms. The fourth-order valence-electron chi connectivity index (χ4n) is 3.10. The van der Waals surface area contributed by atoms with Gasteiger partial charge in [0.2, 0.25) is 0 Å². The second-order valence-corrected chi connectivity index (χ2v) is 6.03. The van der Waals surface area contributed by atoms with Crippen LogP contribution in [-0.2, 0) is 11.2 Å². The molecule has 0 N–H and O–H groups in total. The van der Waals surface area contributed by atoms with E-state index < -0.39 is 0 Å². The third-order valence-electron chi connectivity index (χ3n) is 4.14. The lowest BCUT2D eigenvalue weighted by atomic mass is 10.1. The van der Waals surface area contributed by atoms with E-state index >= 15 is 0 Å². The number of rotatable bonds is 3. The van der Waals surface area contributed by atoms with Crippen LogP contribution in [0.2, 0.25) is 5.02 Å². The molecule has 106 valence electrons. The molecule has 2 aliphatic heterocycles. The van der Waals surface area contributed by atoms with Crippen LogP contribution in [0.3, 0.4) is 0 Å². The highest BCUT2D eigenvalue weighted by Gasteiger charge is 2.35. The zero-order valence-electron chi connectivity index (χ0n) is 11.2. The highest BCUT2D eigenvalue weighted by atomic mass is 35.5. The van der Waals surface area contributed by atoms with Gasteiger partial charge in [0.05, 0.1) is 12.2 Å². The van der Waals surface area contributed by atoms with Crippen molar-refractivity contribution in [3.8, 4) is 0 Å². The smallest absolute Gasteiger partial charge is 0.0707 e. The Balaban J connectivity index is 0.00000133. The third-order valence-corrected chi connectivity index (χ3v) is 4.39. The molecule has 2 saturated heterocycles. The minimum absolute atomic E-state index is 0. The first-order chi connectivity index (χ1) is 8.70.